The number of benzene rings is 2. The number of aromatic nitrogens is 4. The third kappa shape index (κ3) is 3.61. The highest BCUT2D eigenvalue weighted by molar-refractivity contribution is 5.77. The molecule has 4 rings (SSSR count). The monoisotopic (exact) mass is 401 g/mol. The van der Waals surface area contributed by atoms with Crippen molar-refractivity contribution in [2.45, 2.75) is 18.9 Å². The molecule has 1 amide bonds. The predicted molar refractivity (Wildman–Crippen MR) is 115 cm³/mol. The topological polar surface area (TPSA) is 81.8 Å². The number of amides is 1. The molecule has 2 aromatic carbocycles. The molecule has 0 aliphatic heterocycles. The van der Waals surface area contributed by atoms with Crippen molar-refractivity contribution in [2.24, 2.45) is 7.05 Å². The SMILES string of the molecule is Cn1ncc2c(=O)n(CC(=O)NCC(C)(c3ccccc3)c3ccccc3)cnc21. The number of rotatable bonds is 6. The highest BCUT2D eigenvalue weighted by atomic mass is 16.2. The minimum atomic E-state index is -0.408. The van der Waals surface area contributed by atoms with Crippen LogP contribution in [0.15, 0.2) is 78.0 Å². The van der Waals surface area contributed by atoms with E-state index in [1.807, 2.05) is 36.4 Å². The lowest BCUT2D eigenvalue weighted by molar-refractivity contribution is -0.121. The summed E-state index contributed by atoms with van der Waals surface area (Å²) in [7, 11) is 1.72. The fourth-order valence-corrected chi connectivity index (χ4v) is 3.65. The van der Waals surface area contributed by atoms with Crippen LogP contribution in [-0.2, 0) is 23.8 Å². The zero-order chi connectivity index (χ0) is 21.1. The summed E-state index contributed by atoms with van der Waals surface area (Å²) < 4.78 is 2.84. The van der Waals surface area contributed by atoms with Crippen molar-refractivity contribution in [1.29, 1.82) is 0 Å². The maximum Gasteiger partial charge on any atom is 0.264 e. The molecule has 0 atom stereocenters. The van der Waals surface area contributed by atoms with Crippen LogP contribution < -0.4 is 10.9 Å². The van der Waals surface area contributed by atoms with Crippen molar-refractivity contribution in [2.75, 3.05) is 6.54 Å². The van der Waals surface area contributed by atoms with Crippen LogP contribution in [0.4, 0.5) is 0 Å². The first-order chi connectivity index (χ1) is 14.5. The van der Waals surface area contributed by atoms with Crippen LogP contribution >= 0.6 is 0 Å². The van der Waals surface area contributed by atoms with Crippen LogP contribution in [0.3, 0.4) is 0 Å². The Morgan fingerprint density at radius 3 is 2.23 bits per heavy atom. The summed E-state index contributed by atoms with van der Waals surface area (Å²) in [4.78, 5) is 29.5. The second-order valence-corrected chi connectivity index (χ2v) is 7.52. The minimum Gasteiger partial charge on any atom is -0.353 e. The van der Waals surface area contributed by atoms with Crippen molar-refractivity contribution in [3.05, 3.63) is 94.7 Å². The molecular weight excluding hydrogens is 378 g/mol. The summed E-state index contributed by atoms with van der Waals surface area (Å²) in [5, 5.41) is 7.45. The number of nitrogens with zero attached hydrogens (tertiary/aromatic N) is 4. The van der Waals surface area contributed by atoms with Gasteiger partial charge < -0.3 is 5.32 Å². The average Bonchev–Trinajstić information content (AvgIpc) is 3.16. The Balaban J connectivity index is 1.55. The third-order valence-electron chi connectivity index (χ3n) is 5.49. The number of nitrogens with one attached hydrogen (secondary N) is 1. The number of aryl methyl sites for hydroxylation is 1. The zero-order valence-electron chi connectivity index (χ0n) is 16.9. The standard InChI is InChI=1S/C23H23N5O2/c1-23(17-9-5-3-6-10-17,18-11-7-4-8-12-18)15-24-20(29)14-28-16-25-21-19(22(28)30)13-26-27(21)2/h3-13,16H,14-15H2,1-2H3,(H,24,29). The van der Waals surface area contributed by atoms with Gasteiger partial charge in [-0.15, -0.1) is 0 Å². The summed E-state index contributed by atoms with van der Waals surface area (Å²) in [6.07, 6.45) is 2.86. The summed E-state index contributed by atoms with van der Waals surface area (Å²) in [6.45, 7) is 2.40. The molecule has 0 bridgehead atoms. The Bertz CT molecular complexity index is 1190. The minimum absolute atomic E-state index is 0.101. The molecule has 7 nitrogen and oxygen atoms in total. The van der Waals surface area contributed by atoms with Crippen LogP contribution in [0.1, 0.15) is 18.1 Å². The summed E-state index contributed by atoms with van der Waals surface area (Å²) >= 11 is 0. The molecule has 0 aliphatic rings. The molecule has 0 saturated heterocycles. The van der Waals surface area contributed by atoms with Crippen LogP contribution in [0, 0.1) is 0 Å². The second-order valence-electron chi connectivity index (χ2n) is 7.52. The van der Waals surface area contributed by atoms with E-state index in [2.05, 4.69) is 46.6 Å². The van der Waals surface area contributed by atoms with Gasteiger partial charge in [0.25, 0.3) is 5.56 Å². The number of hydrogen-bond donors (Lipinski definition) is 1. The Morgan fingerprint density at radius 1 is 1.03 bits per heavy atom. The molecule has 2 aromatic heterocycles. The van der Waals surface area contributed by atoms with Crippen molar-refractivity contribution in [3.63, 3.8) is 0 Å². The quantitative estimate of drug-likeness (QED) is 0.537. The molecule has 0 saturated carbocycles. The predicted octanol–water partition coefficient (Wildman–Crippen LogP) is 2.25. The molecule has 0 unspecified atom stereocenters. The normalized spacial score (nSPS) is 11.5. The molecule has 1 N–H and O–H groups in total. The highest BCUT2D eigenvalue weighted by Gasteiger charge is 2.29. The van der Waals surface area contributed by atoms with Crippen molar-refractivity contribution in [3.8, 4) is 0 Å². The van der Waals surface area contributed by atoms with Gasteiger partial charge in [-0.2, -0.15) is 5.10 Å². The van der Waals surface area contributed by atoms with Gasteiger partial charge in [0.05, 0.1) is 6.20 Å². The van der Waals surface area contributed by atoms with Crippen molar-refractivity contribution >= 4 is 16.9 Å². The Labute approximate surface area is 174 Å². The molecule has 7 heteroatoms. The van der Waals surface area contributed by atoms with E-state index in [0.29, 0.717) is 17.6 Å². The first-order valence-electron chi connectivity index (χ1n) is 9.74. The van der Waals surface area contributed by atoms with Crippen LogP contribution in [0.5, 0.6) is 0 Å². The van der Waals surface area contributed by atoms with Gasteiger partial charge in [0.15, 0.2) is 5.65 Å². The number of carbonyl (C=O) groups is 1. The second kappa shape index (κ2) is 7.94. The highest BCUT2D eigenvalue weighted by Crippen LogP contribution is 2.31. The average molecular weight is 401 g/mol. The van der Waals surface area contributed by atoms with E-state index < -0.39 is 5.41 Å². The first-order valence-corrected chi connectivity index (χ1v) is 9.74. The molecule has 30 heavy (non-hydrogen) atoms. The maximum absolute atomic E-state index is 12.7. The lowest BCUT2D eigenvalue weighted by atomic mass is 9.76. The van der Waals surface area contributed by atoms with Crippen LogP contribution in [0.2, 0.25) is 0 Å². The van der Waals surface area contributed by atoms with Gasteiger partial charge >= 0.3 is 0 Å². The fourth-order valence-electron chi connectivity index (χ4n) is 3.65. The van der Waals surface area contributed by atoms with Gasteiger partial charge in [0.2, 0.25) is 5.91 Å². The first kappa shape index (κ1) is 19.6. The molecular formula is C23H23N5O2. The van der Waals surface area contributed by atoms with Gasteiger partial charge in [0.1, 0.15) is 18.3 Å². The number of hydrogen-bond acceptors (Lipinski definition) is 4. The van der Waals surface area contributed by atoms with Crippen LogP contribution in [-0.4, -0.2) is 31.8 Å². The molecule has 0 radical (unpaired) electrons. The third-order valence-corrected chi connectivity index (χ3v) is 5.49. The molecule has 0 fully saturated rings. The molecule has 0 aliphatic carbocycles. The van der Waals surface area contributed by atoms with Gasteiger partial charge in [-0.3, -0.25) is 18.8 Å². The molecule has 4 aromatic rings. The van der Waals surface area contributed by atoms with E-state index in [0.717, 1.165) is 11.1 Å². The van der Waals surface area contributed by atoms with E-state index in [9.17, 15) is 9.59 Å². The van der Waals surface area contributed by atoms with Gasteiger partial charge in [-0.05, 0) is 18.1 Å². The molecule has 2 heterocycles. The zero-order valence-corrected chi connectivity index (χ0v) is 16.9. The molecule has 0 spiro atoms. The summed E-state index contributed by atoms with van der Waals surface area (Å²) in [5.74, 6) is -0.250. The van der Waals surface area contributed by atoms with E-state index in [4.69, 9.17) is 0 Å². The lowest BCUT2D eigenvalue weighted by Gasteiger charge is -2.31. The van der Waals surface area contributed by atoms with Crippen molar-refractivity contribution in [1.82, 2.24) is 24.6 Å². The maximum atomic E-state index is 12.7. The summed E-state index contributed by atoms with van der Waals surface area (Å²) in [6, 6.07) is 20.2. The Hall–Kier alpha value is -3.74. The smallest absolute Gasteiger partial charge is 0.264 e. The fraction of sp³-hybridized carbons (Fsp3) is 0.217. The summed E-state index contributed by atoms with van der Waals surface area (Å²) in [5.41, 5.74) is 2.02. The van der Waals surface area contributed by atoms with E-state index in [-0.39, 0.29) is 18.0 Å². The lowest BCUT2D eigenvalue weighted by Crippen LogP contribution is -2.41. The Kier molecular flexibility index (Phi) is 5.18. The van der Waals surface area contributed by atoms with Gasteiger partial charge in [-0.25, -0.2) is 4.98 Å². The van der Waals surface area contributed by atoms with E-state index in [1.54, 1.807) is 7.05 Å². The largest absolute Gasteiger partial charge is 0.353 e. The van der Waals surface area contributed by atoms with E-state index in [1.165, 1.54) is 21.8 Å². The van der Waals surface area contributed by atoms with E-state index >= 15 is 0 Å². The Morgan fingerprint density at radius 2 is 1.63 bits per heavy atom. The van der Waals surface area contributed by atoms with Gasteiger partial charge in [0, 0.05) is 19.0 Å². The number of fused-ring (bicyclic) bond motifs is 1. The molecule has 152 valence electrons. The van der Waals surface area contributed by atoms with Crippen molar-refractivity contribution < 1.29 is 4.79 Å². The van der Waals surface area contributed by atoms with Gasteiger partial charge in [-0.1, -0.05) is 60.7 Å². The number of carbonyl (C=O) groups excluding carboxylic acids is 1. The van der Waals surface area contributed by atoms with Crippen LogP contribution in [0.25, 0.3) is 11.0 Å².